The summed E-state index contributed by atoms with van der Waals surface area (Å²) in [7, 11) is 1.50. The fraction of sp³-hybridized carbons (Fsp3) is 0.0526. The van der Waals surface area contributed by atoms with E-state index in [1.165, 1.54) is 19.2 Å². The average molecular weight is 356 g/mol. The van der Waals surface area contributed by atoms with E-state index in [1.807, 2.05) is 0 Å². The Labute approximate surface area is 147 Å². The number of carbonyl (C=O) groups excluding carboxylic acids is 1. The molecular formula is C19H14F2N2O3. The van der Waals surface area contributed by atoms with Gasteiger partial charge in [0.25, 0.3) is 5.56 Å². The lowest BCUT2D eigenvalue weighted by molar-refractivity contribution is 0.103. The lowest BCUT2D eigenvalue weighted by atomic mass is 10.0. The molecule has 0 aliphatic heterocycles. The van der Waals surface area contributed by atoms with Crippen LogP contribution in [-0.2, 0) is 0 Å². The van der Waals surface area contributed by atoms with Gasteiger partial charge in [0.05, 0.1) is 23.9 Å². The van der Waals surface area contributed by atoms with E-state index in [-0.39, 0.29) is 11.4 Å². The first-order valence-corrected chi connectivity index (χ1v) is 7.58. The first-order valence-electron chi connectivity index (χ1n) is 7.58. The second-order valence-electron chi connectivity index (χ2n) is 5.43. The number of nitrogens with zero attached hydrogens (tertiary/aromatic N) is 1. The van der Waals surface area contributed by atoms with Crippen molar-refractivity contribution in [3.8, 4) is 11.4 Å². The molecule has 3 rings (SSSR count). The molecule has 0 spiro atoms. The molecule has 0 aliphatic rings. The van der Waals surface area contributed by atoms with Crippen LogP contribution in [0.5, 0.6) is 5.75 Å². The molecule has 26 heavy (non-hydrogen) atoms. The van der Waals surface area contributed by atoms with Gasteiger partial charge in [0.2, 0.25) is 0 Å². The fourth-order valence-corrected chi connectivity index (χ4v) is 2.57. The maximum atomic E-state index is 13.9. The summed E-state index contributed by atoms with van der Waals surface area (Å²) in [5, 5.41) is 0. The first-order chi connectivity index (χ1) is 12.4. The number of nitrogens with two attached hydrogens (primary N) is 1. The van der Waals surface area contributed by atoms with E-state index in [0.29, 0.717) is 11.4 Å². The summed E-state index contributed by atoms with van der Waals surface area (Å²) in [5.74, 6) is -2.82. The van der Waals surface area contributed by atoms with E-state index in [0.717, 1.165) is 22.8 Å². The quantitative estimate of drug-likeness (QED) is 0.730. The number of halogens is 2. The first kappa shape index (κ1) is 17.3. The van der Waals surface area contributed by atoms with Gasteiger partial charge in [-0.1, -0.05) is 6.07 Å². The maximum absolute atomic E-state index is 13.9. The third kappa shape index (κ3) is 2.95. The summed E-state index contributed by atoms with van der Waals surface area (Å²) in [5.41, 5.74) is 5.38. The van der Waals surface area contributed by atoms with Crippen LogP contribution < -0.4 is 16.0 Å². The van der Waals surface area contributed by atoms with Crippen LogP contribution in [0.25, 0.3) is 5.69 Å². The van der Waals surface area contributed by atoms with Crippen molar-refractivity contribution in [1.82, 2.24) is 4.57 Å². The summed E-state index contributed by atoms with van der Waals surface area (Å²) in [6.07, 6.45) is 0. The summed E-state index contributed by atoms with van der Waals surface area (Å²) in [6.45, 7) is 0. The molecule has 3 aromatic rings. The van der Waals surface area contributed by atoms with Gasteiger partial charge in [0.15, 0.2) is 17.4 Å². The van der Waals surface area contributed by atoms with Crippen LogP contribution in [0, 0.1) is 11.6 Å². The normalized spacial score (nSPS) is 10.6. The van der Waals surface area contributed by atoms with Crippen molar-refractivity contribution in [3.63, 3.8) is 0 Å². The summed E-state index contributed by atoms with van der Waals surface area (Å²) < 4.78 is 33.5. The van der Waals surface area contributed by atoms with E-state index in [9.17, 15) is 18.4 Å². The monoisotopic (exact) mass is 356 g/mol. The molecule has 2 aromatic carbocycles. The number of ketones is 1. The molecule has 0 fully saturated rings. The Balaban J connectivity index is 2.14. The second kappa shape index (κ2) is 6.79. The van der Waals surface area contributed by atoms with Gasteiger partial charge in [-0.15, -0.1) is 0 Å². The molecule has 0 unspecified atom stereocenters. The number of aromatic nitrogens is 1. The topological polar surface area (TPSA) is 74.3 Å². The highest BCUT2D eigenvalue weighted by Gasteiger charge is 2.21. The minimum absolute atomic E-state index is 0.107. The molecule has 1 heterocycles. The Kier molecular flexibility index (Phi) is 4.53. The fourth-order valence-electron chi connectivity index (χ4n) is 2.57. The van der Waals surface area contributed by atoms with Gasteiger partial charge >= 0.3 is 0 Å². The predicted octanol–water partition coefficient (Wildman–Crippen LogP) is 2.94. The van der Waals surface area contributed by atoms with Gasteiger partial charge in [0.1, 0.15) is 11.6 Å². The number of hydrogen-bond acceptors (Lipinski definition) is 4. The maximum Gasteiger partial charge on any atom is 0.256 e. The van der Waals surface area contributed by atoms with Crippen molar-refractivity contribution in [2.75, 3.05) is 12.8 Å². The SMILES string of the molecule is COc1ccc(-n2c(N)c(C(=O)c3cccc(F)c3F)ccc2=O)cc1. The molecule has 0 saturated carbocycles. The lowest BCUT2D eigenvalue weighted by Gasteiger charge is -2.13. The summed E-state index contributed by atoms with van der Waals surface area (Å²) in [4.78, 5) is 24.8. The van der Waals surface area contributed by atoms with E-state index in [4.69, 9.17) is 10.5 Å². The molecule has 0 saturated heterocycles. The van der Waals surface area contributed by atoms with Crippen LogP contribution in [0.2, 0.25) is 0 Å². The van der Waals surface area contributed by atoms with Crippen LogP contribution in [0.4, 0.5) is 14.6 Å². The standard InChI is InChI=1S/C19H14F2N2O3/c1-26-12-7-5-11(6-8-12)23-16(24)10-9-14(19(23)22)18(25)13-3-2-4-15(20)17(13)21/h2-10H,22H2,1H3. The Morgan fingerprint density at radius 1 is 1.00 bits per heavy atom. The van der Waals surface area contributed by atoms with Crippen molar-refractivity contribution < 1.29 is 18.3 Å². The number of ether oxygens (including phenoxy) is 1. The van der Waals surface area contributed by atoms with Crippen molar-refractivity contribution >= 4 is 11.6 Å². The minimum atomic E-state index is -1.26. The zero-order valence-electron chi connectivity index (χ0n) is 13.7. The van der Waals surface area contributed by atoms with Gasteiger partial charge in [-0.2, -0.15) is 0 Å². The highest BCUT2D eigenvalue weighted by molar-refractivity contribution is 6.11. The predicted molar refractivity (Wildman–Crippen MR) is 92.8 cm³/mol. The lowest BCUT2D eigenvalue weighted by Crippen LogP contribution is -2.23. The van der Waals surface area contributed by atoms with Crippen LogP contribution in [0.3, 0.4) is 0 Å². The molecule has 132 valence electrons. The Morgan fingerprint density at radius 2 is 1.69 bits per heavy atom. The van der Waals surface area contributed by atoms with Gasteiger partial charge in [-0.25, -0.2) is 8.78 Å². The van der Waals surface area contributed by atoms with Crippen LogP contribution >= 0.6 is 0 Å². The van der Waals surface area contributed by atoms with Gasteiger partial charge < -0.3 is 10.5 Å². The van der Waals surface area contributed by atoms with Gasteiger partial charge in [0, 0.05) is 6.07 Å². The van der Waals surface area contributed by atoms with Gasteiger partial charge in [-0.05, 0) is 42.5 Å². The van der Waals surface area contributed by atoms with Crippen LogP contribution in [0.1, 0.15) is 15.9 Å². The van der Waals surface area contributed by atoms with Crippen molar-refractivity contribution in [2.24, 2.45) is 0 Å². The third-order valence-corrected chi connectivity index (χ3v) is 3.90. The number of hydrogen-bond donors (Lipinski definition) is 1. The molecule has 2 N–H and O–H groups in total. The molecule has 1 aromatic heterocycles. The number of pyridine rings is 1. The van der Waals surface area contributed by atoms with Gasteiger partial charge in [-0.3, -0.25) is 14.2 Å². The highest BCUT2D eigenvalue weighted by Crippen LogP contribution is 2.22. The Morgan fingerprint density at radius 3 is 2.35 bits per heavy atom. The molecule has 0 atom stereocenters. The third-order valence-electron chi connectivity index (χ3n) is 3.90. The Hall–Kier alpha value is -3.48. The number of methoxy groups -OCH3 is 1. The van der Waals surface area contributed by atoms with Crippen LogP contribution in [0.15, 0.2) is 59.4 Å². The zero-order chi connectivity index (χ0) is 18.8. The van der Waals surface area contributed by atoms with E-state index in [1.54, 1.807) is 24.3 Å². The van der Waals surface area contributed by atoms with E-state index < -0.39 is 28.5 Å². The molecule has 0 bridgehead atoms. The number of benzene rings is 2. The molecule has 0 radical (unpaired) electrons. The van der Waals surface area contributed by atoms with Crippen LogP contribution in [-0.4, -0.2) is 17.5 Å². The number of rotatable bonds is 4. The summed E-state index contributed by atoms with van der Waals surface area (Å²) in [6, 6.07) is 12.1. The minimum Gasteiger partial charge on any atom is -0.497 e. The molecule has 5 nitrogen and oxygen atoms in total. The van der Waals surface area contributed by atoms with E-state index >= 15 is 0 Å². The second-order valence-corrected chi connectivity index (χ2v) is 5.43. The molecule has 0 amide bonds. The highest BCUT2D eigenvalue weighted by atomic mass is 19.2. The molecular weight excluding hydrogens is 342 g/mol. The number of nitrogen functional groups attached to an aromatic ring is 1. The number of anilines is 1. The molecule has 7 heteroatoms. The Bertz CT molecular complexity index is 1040. The van der Waals surface area contributed by atoms with E-state index in [2.05, 4.69) is 0 Å². The average Bonchev–Trinajstić information content (AvgIpc) is 2.64. The molecule has 0 aliphatic carbocycles. The van der Waals surface area contributed by atoms with Crippen molar-refractivity contribution in [2.45, 2.75) is 0 Å². The number of carbonyl (C=O) groups is 1. The zero-order valence-corrected chi connectivity index (χ0v) is 13.7. The largest absolute Gasteiger partial charge is 0.497 e. The summed E-state index contributed by atoms with van der Waals surface area (Å²) >= 11 is 0. The van der Waals surface area contributed by atoms with Crippen molar-refractivity contribution in [3.05, 3.63) is 87.7 Å². The van der Waals surface area contributed by atoms with Crippen molar-refractivity contribution in [1.29, 1.82) is 0 Å². The smallest absolute Gasteiger partial charge is 0.256 e.